The predicted molar refractivity (Wildman–Crippen MR) is 60.1 cm³/mol. The van der Waals surface area contributed by atoms with Crippen molar-refractivity contribution in [3.8, 4) is 0 Å². The molecule has 0 aromatic carbocycles. The van der Waals surface area contributed by atoms with Gasteiger partial charge < -0.3 is 10.3 Å². The van der Waals surface area contributed by atoms with Crippen molar-refractivity contribution in [2.75, 3.05) is 5.73 Å². The third-order valence-electron chi connectivity index (χ3n) is 2.40. The molecule has 0 amide bonds. The summed E-state index contributed by atoms with van der Waals surface area (Å²) in [6.45, 7) is 2.14. The van der Waals surface area contributed by atoms with E-state index < -0.39 is 0 Å². The molecule has 3 rings (SSSR count). The Bertz CT molecular complexity index is 670. The highest BCUT2D eigenvalue weighted by molar-refractivity contribution is 5.73. The monoisotopic (exact) mass is 230 g/mol. The number of anilines is 1. The van der Waals surface area contributed by atoms with E-state index in [9.17, 15) is 0 Å². The van der Waals surface area contributed by atoms with Crippen LogP contribution >= 0.6 is 0 Å². The molecule has 7 heteroatoms. The Labute approximate surface area is 96.3 Å². The molecule has 0 atom stereocenters. The lowest BCUT2D eigenvalue weighted by Crippen LogP contribution is -2.05. The number of fused-ring (bicyclic) bond motifs is 1. The van der Waals surface area contributed by atoms with E-state index in [1.54, 1.807) is 17.7 Å². The number of hydrogen-bond donors (Lipinski definition) is 1. The van der Waals surface area contributed by atoms with Gasteiger partial charge in [-0.1, -0.05) is 5.16 Å². The lowest BCUT2D eigenvalue weighted by Gasteiger charge is -2.00. The van der Waals surface area contributed by atoms with Crippen LogP contribution in [0.15, 0.2) is 22.9 Å². The molecule has 17 heavy (non-hydrogen) atoms. The summed E-state index contributed by atoms with van der Waals surface area (Å²) < 4.78 is 6.79. The number of aryl methyl sites for hydroxylation is 1. The van der Waals surface area contributed by atoms with Gasteiger partial charge in [0.2, 0.25) is 11.8 Å². The molecule has 7 nitrogen and oxygen atoms in total. The smallest absolute Gasteiger partial charge is 0.246 e. The molecule has 0 fully saturated rings. The van der Waals surface area contributed by atoms with E-state index in [2.05, 4.69) is 20.1 Å². The van der Waals surface area contributed by atoms with Crippen molar-refractivity contribution < 1.29 is 4.52 Å². The van der Waals surface area contributed by atoms with Gasteiger partial charge >= 0.3 is 0 Å². The molecule has 0 unspecified atom stereocenters. The molecule has 0 aliphatic carbocycles. The Kier molecular flexibility index (Phi) is 2.04. The second kappa shape index (κ2) is 3.55. The Morgan fingerprint density at radius 1 is 1.41 bits per heavy atom. The van der Waals surface area contributed by atoms with Crippen LogP contribution in [0.2, 0.25) is 0 Å². The fraction of sp³-hybridized carbons (Fsp3) is 0.200. The molecule has 86 valence electrons. The minimum Gasteiger partial charge on any atom is -0.369 e. The first-order chi connectivity index (χ1) is 8.24. The summed E-state index contributed by atoms with van der Waals surface area (Å²) in [6.07, 6.45) is 1.69. The second-order valence-corrected chi connectivity index (χ2v) is 3.64. The first-order valence-corrected chi connectivity index (χ1v) is 5.10. The van der Waals surface area contributed by atoms with Crippen LogP contribution < -0.4 is 5.73 Å². The van der Waals surface area contributed by atoms with Crippen molar-refractivity contribution in [1.82, 2.24) is 24.7 Å². The molecule has 0 aliphatic heterocycles. The normalized spacial score (nSPS) is 11.1. The predicted octanol–water partition coefficient (Wildman–Crippen LogP) is 0.753. The van der Waals surface area contributed by atoms with E-state index >= 15 is 0 Å². The first kappa shape index (κ1) is 9.76. The number of hydrogen-bond acceptors (Lipinski definition) is 6. The van der Waals surface area contributed by atoms with Crippen LogP contribution in [0.5, 0.6) is 0 Å². The zero-order valence-electron chi connectivity index (χ0n) is 9.16. The zero-order chi connectivity index (χ0) is 11.8. The van der Waals surface area contributed by atoms with E-state index in [0.717, 1.165) is 5.52 Å². The van der Waals surface area contributed by atoms with Gasteiger partial charge in [-0.3, -0.25) is 4.57 Å². The van der Waals surface area contributed by atoms with Gasteiger partial charge in [0.05, 0.1) is 0 Å². The van der Waals surface area contributed by atoms with Crippen LogP contribution in [0.4, 0.5) is 5.95 Å². The highest BCUT2D eigenvalue weighted by Gasteiger charge is 2.12. The molecule has 0 spiro atoms. The first-order valence-electron chi connectivity index (χ1n) is 5.10. The van der Waals surface area contributed by atoms with E-state index in [1.807, 2.05) is 12.1 Å². The van der Waals surface area contributed by atoms with Crippen molar-refractivity contribution in [3.05, 3.63) is 30.0 Å². The Hall–Kier alpha value is -2.44. The lowest BCUT2D eigenvalue weighted by molar-refractivity contribution is 0.369. The molecular weight excluding hydrogens is 220 g/mol. The van der Waals surface area contributed by atoms with Crippen molar-refractivity contribution in [1.29, 1.82) is 0 Å². The minimum atomic E-state index is 0.375. The van der Waals surface area contributed by atoms with E-state index in [0.29, 0.717) is 29.9 Å². The van der Waals surface area contributed by atoms with Crippen molar-refractivity contribution in [3.63, 3.8) is 0 Å². The Balaban J connectivity index is 2.08. The summed E-state index contributed by atoms with van der Waals surface area (Å²) in [6, 6.07) is 3.67. The number of rotatable bonds is 2. The largest absolute Gasteiger partial charge is 0.369 e. The zero-order valence-corrected chi connectivity index (χ0v) is 9.16. The number of aromatic nitrogens is 5. The summed E-state index contributed by atoms with van der Waals surface area (Å²) in [7, 11) is 0. The molecule has 0 radical (unpaired) electrons. The standard InChI is InChI=1S/C10H10N6O/c1-6-13-8(17-15-6)5-16-9-7(14-10(16)11)3-2-4-12-9/h2-4H,5H2,1H3,(H2,11,14). The average molecular weight is 230 g/mol. The Morgan fingerprint density at radius 2 is 2.29 bits per heavy atom. The van der Waals surface area contributed by atoms with Crippen molar-refractivity contribution in [2.24, 2.45) is 0 Å². The molecule has 0 bridgehead atoms. The lowest BCUT2D eigenvalue weighted by atomic mass is 10.4. The summed E-state index contributed by atoms with van der Waals surface area (Å²) in [5.41, 5.74) is 7.29. The van der Waals surface area contributed by atoms with Gasteiger partial charge in [-0.2, -0.15) is 4.98 Å². The number of imidazole rings is 1. The van der Waals surface area contributed by atoms with Crippen molar-refractivity contribution in [2.45, 2.75) is 13.5 Å². The molecule has 0 saturated heterocycles. The fourth-order valence-corrected chi connectivity index (χ4v) is 1.67. The topological polar surface area (TPSA) is 95.7 Å². The SMILES string of the molecule is Cc1noc(Cn2c(N)nc3cccnc32)n1. The maximum Gasteiger partial charge on any atom is 0.246 e. The van der Waals surface area contributed by atoms with Crippen LogP contribution in [0.25, 0.3) is 11.2 Å². The van der Waals surface area contributed by atoms with Gasteiger partial charge in [-0.05, 0) is 19.1 Å². The second-order valence-electron chi connectivity index (χ2n) is 3.64. The van der Waals surface area contributed by atoms with E-state index in [4.69, 9.17) is 10.3 Å². The molecule has 0 aliphatic rings. The van der Waals surface area contributed by atoms with Gasteiger partial charge in [-0.15, -0.1) is 0 Å². The van der Waals surface area contributed by atoms with Crippen molar-refractivity contribution >= 4 is 17.1 Å². The number of nitrogens with two attached hydrogens (primary N) is 1. The summed E-state index contributed by atoms with van der Waals surface area (Å²) in [4.78, 5) is 12.6. The van der Waals surface area contributed by atoms with E-state index in [-0.39, 0.29) is 0 Å². The maximum absolute atomic E-state index is 5.83. The van der Waals surface area contributed by atoms with Crippen LogP contribution in [-0.4, -0.2) is 24.7 Å². The van der Waals surface area contributed by atoms with Gasteiger partial charge in [0.25, 0.3) is 0 Å². The van der Waals surface area contributed by atoms with Gasteiger partial charge in [0.15, 0.2) is 11.5 Å². The number of nitrogens with zero attached hydrogens (tertiary/aromatic N) is 5. The van der Waals surface area contributed by atoms with Gasteiger partial charge in [0, 0.05) is 6.20 Å². The average Bonchev–Trinajstić information content (AvgIpc) is 2.85. The highest BCUT2D eigenvalue weighted by Crippen LogP contribution is 2.16. The third-order valence-corrected chi connectivity index (χ3v) is 2.40. The van der Waals surface area contributed by atoms with Crippen LogP contribution in [0, 0.1) is 6.92 Å². The molecule has 3 heterocycles. The van der Waals surface area contributed by atoms with Crippen LogP contribution in [0.3, 0.4) is 0 Å². The summed E-state index contributed by atoms with van der Waals surface area (Å²) >= 11 is 0. The minimum absolute atomic E-state index is 0.375. The summed E-state index contributed by atoms with van der Waals surface area (Å²) in [5.74, 6) is 1.46. The highest BCUT2D eigenvalue weighted by atomic mass is 16.5. The van der Waals surface area contributed by atoms with Crippen LogP contribution in [-0.2, 0) is 6.54 Å². The molecule has 2 N–H and O–H groups in total. The molecule has 3 aromatic heterocycles. The maximum atomic E-state index is 5.83. The number of nitrogen functional groups attached to an aromatic ring is 1. The third kappa shape index (κ3) is 1.61. The Morgan fingerprint density at radius 3 is 3.06 bits per heavy atom. The summed E-state index contributed by atoms with van der Waals surface area (Å²) in [5, 5.41) is 3.73. The van der Waals surface area contributed by atoms with Gasteiger partial charge in [0.1, 0.15) is 12.1 Å². The van der Waals surface area contributed by atoms with Crippen LogP contribution in [0.1, 0.15) is 11.7 Å². The quantitative estimate of drug-likeness (QED) is 0.698. The molecular formula is C10H10N6O. The fourth-order valence-electron chi connectivity index (χ4n) is 1.67. The van der Waals surface area contributed by atoms with E-state index in [1.165, 1.54) is 0 Å². The van der Waals surface area contributed by atoms with Gasteiger partial charge in [-0.25, -0.2) is 9.97 Å². The number of pyridine rings is 1. The molecule has 3 aromatic rings. The molecule has 0 saturated carbocycles.